The predicted octanol–water partition coefficient (Wildman–Crippen LogP) is 2.34. The van der Waals surface area contributed by atoms with E-state index in [4.69, 9.17) is 0 Å². The quantitative estimate of drug-likeness (QED) is 0.343. The summed E-state index contributed by atoms with van der Waals surface area (Å²) in [5.41, 5.74) is -0.0527. The number of rotatable bonds is 4. The van der Waals surface area contributed by atoms with Crippen LogP contribution < -0.4 is 0 Å². The lowest BCUT2D eigenvalue weighted by Gasteiger charge is -1.88. The lowest BCUT2D eigenvalue weighted by Crippen LogP contribution is -1.81. The van der Waals surface area contributed by atoms with Crippen molar-refractivity contribution in [3.05, 3.63) is 48.9 Å². The molecule has 0 aromatic carbocycles. The molecule has 1 nitrogen and oxygen atoms in total. The zero-order valence-electron chi connectivity index (χ0n) is 6.09. The summed E-state index contributed by atoms with van der Waals surface area (Å²) in [6, 6.07) is 0. The number of halogens is 1. The van der Waals surface area contributed by atoms with Crippen LogP contribution in [0.15, 0.2) is 48.9 Å². The number of hydrogen-bond donors (Lipinski definition) is 0. The van der Waals surface area contributed by atoms with Gasteiger partial charge in [-0.15, -0.1) is 0 Å². The van der Waals surface area contributed by atoms with Crippen molar-refractivity contribution in [2.45, 2.75) is 0 Å². The van der Waals surface area contributed by atoms with Gasteiger partial charge in [0.25, 0.3) is 0 Å². The van der Waals surface area contributed by atoms with Crippen molar-refractivity contribution in [3.8, 4) is 0 Å². The second kappa shape index (κ2) is 5.35. The maximum absolute atomic E-state index is 12.7. The highest BCUT2D eigenvalue weighted by Gasteiger charge is 1.95. The van der Waals surface area contributed by atoms with Crippen LogP contribution in [0, 0.1) is 0 Å². The second-order valence-corrected chi connectivity index (χ2v) is 1.72. The van der Waals surface area contributed by atoms with Crippen molar-refractivity contribution < 1.29 is 9.18 Å². The molecule has 0 radical (unpaired) electrons. The van der Waals surface area contributed by atoms with E-state index in [9.17, 15) is 9.18 Å². The lowest BCUT2D eigenvalue weighted by molar-refractivity contribution is -0.104. The zero-order valence-corrected chi connectivity index (χ0v) is 6.09. The highest BCUT2D eigenvalue weighted by molar-refractivity contribution is 5.78. The van der Waals surface area contributed by atoms with E-state index in [-0.39, 0.29) is 5.57 Å². The Morgan fingerprint density at radius 1 is 1.36 bits per heavy atom. The minimum Gasteiger partial charge on any atom is -0.298 e. The Hall–Kier alpha value is -1.44. The fourth-order valence-corrected chi connectivity index (χ4v) is 0.451. The topological polar surface area (TPSA) is 17.1 Å². The normalized spacial score (nSPS) is 12.5. The predicted molar refractivity (Wildman–Crippen MR) is 43.7 cm³/mol. The van der Waals surface area contributed by atoms with Crippen LogP contribution in [0.25, 0.3) is 0 Å². The zero-order chi connectivity index (χ0) is 8.69. The molecule has 0 aliphatic heterocycles. The molecular formula is C9H9FO. The molecule has 0 spiro atoms. The van der Waals surface area contributed by atoms with Gasteiger partial charge in [-0.3, -0.25) is 4.79 Å². The summed E-state index contributed by atoms with van der Waals surface area (Å²) in [6.45, 7) is 6.63. The number of carbonyl (C=O) groups is 1. The minimum atomic E-state index is -0.602. The van der Waals surface area contributed by atoms with Gasteiger partial charge in [-0.2, -0.15) is 0 Å². The van der Waals surface area contributed by atoms with Crippen LogP contribution in [0.4, 0.5) is 4.39 Å². The van der Waals surface area contributed by atoms with Crippen LogP contribution in [0.2, 0.25) is 0 Å². The molecule has 0 saturated heterocycles. The van der Waals surface area contributed by atoms with Gasteiger partial charge >= 0.3 is 0 Å². The van der Waals surface area contributed by atoms with Gasteiger partial charge < -0.3 is 0 Å². The Bertz CT molecular complexity index is 214. The average molecular weight is 152 g/mol. The van der Waals surface area contributed by atoms with Crippen LogP contribution in [0.3, 0.4) is 0 Å². The van der Waals surface area contributed by atoms with E-state index in [2.05, 4.69) is 13.2 Å². The molecule has 0 unspecified atom stereocenters. The van der Waals surface area contributed by atoms with Gasteiger partial charge in [0.15, 0.2) is 6.29 Å². The molecule has 0 bridgehead atoms. The number of carbonyl (C=O) groups excluding carboxylic acids is 1. The molecule has 2 heteroatoms. The van der Waals surface area contributed by atoms with Crippen LogP contribution in [-0.2, 0) is 4.79 Å². The van der Waals surface area contributed by atoms with Gasteiger partial charge in [0.05, 0.1) is 0 Å². The van der Waals surface area contributed by atoms with E-state index in [1.54, 1.807) is 0 Å². The van der Waals surface area contributed by atoms with Gasteiger partial charge in [0.1, 0.15) is 5.83 Å². The molecule has 0 aliphatic carbocycles. The largest absolute Gasteiger partial charge is 0.298 e. The molecule has 0 saturated carbocycles. The molecule has 58 valence electrons. The average Bonchev–Trinajstić information content (AvgIpc) is 2.03. The maximum atomic E-state index is 12.7. The smallest absolute Gasteiger partial charge is 0.152 e. The molecule has 0 atom stereocenters. The van der Waals surface area contributed by atoms with Gasteiger partial charge in [-0.05, 0) is 6.08 Å². The molecule has 0 aromatic heterocycles. The third-order valence-corrected chi connectivity index (χ3v) is 1.00. The molecule has 0 aromatic rings. The van der Waals surface area contributed by atoms with Gasteiger partial charge in [-0.1, -0.05) is 31.4 Å². The first-order chi connectivity index (χ1) is 5.26. The van der Waals surface area contributed by atoms with Crippen molar-refractivity contribution >= 4 is 6.29 Å². The van der Waals surface area contributed by atoms with E-state index < -0.39 is 5.83 Å². The summed E-state index contributed by atoms with van der Waals surface area (Å²) < 4.78 is 12.7. The Balaban J connectivity index is 4.60. The summed E-state index contributed by atoms with van der Waals surface area (Å²) in [5.74, 6) is -0.602. The van der Waals surface area contributed by atoms with Crippen molar-refractivity contribution in [1.29, 1.82) is 0 Å². The first kappa shape index (κ1) is 9.56. The summed E-state index contributed by atoms with van der Waals surface area (Å²) in [7, 11) is 0. The number of aldehydes is 1. The molecule has 0 aliphatic rings. The molecule has 0 amide bonds. The Morgan fingerprint density at radius 3 is 2.36 bits per heavy atom. The lowest BCUT2D eigenvalue weighted by atomic mass is 10.2. The third-order valence-electron chi connectivity index (χ3n) is 1.00. The summed E-state index contributed by atoms with van der Waals surface area (Å²) in [6.07, 6.45) is 5.55. The van der Waals surface area contributed by atoms with Crippen LogP contribution in [0.5, 0.6) is 0 Å². The van der Waals surface area contributed by atoms with Crippen molar-refractivity contribution in [1.82, 2.24) is 0 Å². The van der Waals surface area contributed by atoms with E-state index in [1.165, 1.54) is 12.2 Å². The second-order valence-electron chi connectivity index (χ2n) is 1.72. The summed E-state index contributed by atoms with van der Waals surface area (Å²) in [4.78, 5) is 10.1. The molecular weight excluding hydrogens is 143 g/mol. The molecule has 0 heterocycles. The van der Waals surface area contributed by atoms with Gasteiger partial charge in [0, 0.05) is 5.57 Å². The first-order valence-corrected chi connectivity index (χ1v) is 3.02. The van der Waals surface area contributed by atoms with Crippen LogP contribution in [0.1, 0.15) is 0 Å². The molecule has 11 heavy (non-hydrogen) atoms. The SMILES string of the molecule is C=C/C=C\C(F)=C(/C=C)C=O. The fraction of sp³-hybridized carbons (Fsp3) is 0. The molecule has 0 N–H and O–H groups in total. The van der Waals surface area contributed by atoms with Gasteiger partial charge in [-0.25, -0.2) is 4.39 Å². The standard InChI is InChI=1S/C9H9FO/c1-3-5-6-9(10)8(4-2)7-11/h3-7H,1-2H2/b6-5-,9-8-. The Kier molecular flexibility index (Phi) is 4.65. The van der Waals surface area contributed by atoms with E-state index in [1.807, 2.05) is 0 Å². The summed E-state index contributed by atoms with van der Waals surface area (Å²) in [5, 5.41) is 0. The van der Waals surface area contributed by atoms with Crippen molar-refractivity contribution in [2.24, 2.45) is 0 Å². The van der Waals surface area contributed by atoms with Crippen molar-refractivity contribution in [3.63, 3.8) is 0 Å². The van der Waals surface area contributed by atoms with E-state index in [0.717, 1.165) is 12.2 Å². The fourth-order valence-electron chi connectivity index (χ4n) is 0.451. The minimum absolute atomic E-state index is 0.0527. The Morgan fingerprint density at radius 2 is 2.00 bits per heavy atom. The van der Waals surface area contributed by atoms with Gasteiger partial charge in [0.2, 0.25) is 0 Å². The molecule has 0 rings (SSSR count). The van der Waals surface area contributed by atoms with Crippen LogP contribution >= 0.6 is 0 Å². The summed E-state index contributed by atoms with van der Waals surface area (Å²) >= 11 is 0. The number of allylic oxidation sites excluding steroid dienone is 6. The third kappa shape index (κ3) is 3.30. The highest BCUT2D eigenvalue weighted by Crippen LogP contribution is 2.06. The highest BCUT2D eigenvalue weighted by atomic mass is 19.1. The maximum Gasteiger partial charge on any atom is 0.152 e. The van der Waals surface area contributed by atoms with E-state index in [0.29, 0.717) is 6.29 Å². The molecule has 0 fully saturated rings. The number of hydrogen-bond acceptors (Lipinski definition) is 1. The first-order valence-electron chi connectivity index (χ1n) is 3.02. The monoisotopic (exact) mass is 152 g/mol. The van der Waals surface area contributed by atoms with Crippen molar-refractivity contribution in [2.75, 3.05) is 0 Å². The van der Waals surface area contributed by atoms with Crippen LogP contribution in [-0.4, -0.2) is 6.29 Å². The Labute approximate surface area is 65.2 Å². The van der Waals surface area contributed by atoms with E-state index >= 15 is 0 Å².